The summed E-state index contributed by atoms with van der Waals surface area (Å²) < 4.78 is 0. The van der Waals surface area contributed by atoms with E-state index in [1.54, 1.807) is 11.3 Å². The van der Waals surface area contributed by atoms with E-state index in [1.807, 2.05) is 22.4 Å². The van der Waals surface area contributed by atoms with Crippen molar-refractivity contribution in [3.05, 3.63) is 22.4 Å². The van der Waals surface area contributed by atoms with Gasteiger partial charge in [-0.1, -0.05) is 6.07 Å². The largest absolute Gasteiger partial charge is 0.341 e. The van der Waals surface area contributed by atoms with Crippen LogP contribution in [0.25, 0.3) is 0 Å². The van der Waals surface area contributed by atoms with Crippen molar-refractivity contribution < 1.29 is 4.79 Å². The molecule has 2 rings (SSSR count). The highest BCUT2D eigenvalue weighted by molar-refractivity contribution is 7.10. The van der Waals surface area contributed by atoms with Gasteiger partial charge in [-0.3, -0.25) is 4.79 Å². The summed E-state index contributed by atoms with van der Waals surface area (Å²) in [6, 6.07) is 3.40. The lowest BCUT2D eigenvalue weighted by Gasteiger charge is -2.34. The van der Waals surface area contributed by atoms with Gasteiger partial charge in [-0.2, -0.15) is 0 Å². The molecule has 1 atom stereocenters. The van der Waals surface area contributed by atoms with Gasteiger partial charge in [0.05, 0.1) is 0 Å². The number of nitrogens with zero attached hydrogens (tertiary/aromatic N) is 2. The molecule has 2 heterocycles. The van der Waals surface area contributed by atoms with E-state index in [0.717, 1.165) is 37.4 Å². The maximum atomic E-state index is 12.3. The Bertz CT molecular complexity index is 397. The van der Waals surface area contributed by atoms with Crippen molar-refractivity contribution in [2.45, 2.75) is 18.9 Å². The summed E-state index contributed by atoms with van der Waals surface area (Å²) in [6.07, 6.45) is 2.17. The number of nitrogens with two attached hydrogens (primary N) is 1. The van der Waals surface area contributed by atoms with Crippen LogP contribution in [-0.2, 0) is 4.79 Å². The zero-order valence-corrected chi connectivity index (χ0v) is 12.5. The van der Waals surface area contributed by atoms with E-state index in [2.05, 4.69) is 19.0 Å². The van der Waals surface area contributed by atoms with Crippen LogP contribution < -0.4 is 5.73 Å². The minimum atomic E-state index is -0.481. The molecule has 0 saturated carbocycles. The van der Waals surface area contributed by atoms with E-state index >= 15 is 0 Å². The van der Waals surface area contributed by atoms with Gasteiger partial charge in [0.1, 0.15) is 6.04 Å². The maximum absolute atomic E-state index is 12.3. The molecule has 1 aromatic heterocycles. The molecule has 106 valence electrons. The molecule has 0 radical (unpaired) electrons. The highest BCUT2D eigenvalue weighted by Gasteiger charge is 2.27. The molecule has 1 aliphatic heterocycles. The molecule has 1 saturated heterocycles. The van der Waals surface area contributed by atoms with Crippen LogP contribution in [0.2, 0.25) is 0 Å². The SMILES string of the molecule is CN(C)CC1CCN(C(=O)C(N)c2cccs2)CC1. The van der Waals surface area contributed by atoms with E-state index in [0.29, 0.717) is 5.92 Å². The number of amides is 1. The third kappa shape index (κ3) is 3.78. The highest BCUT2D eigenvalue weighted by atomic mass is 32.1. The lowest BCUT2D eigenvalue weighted by molar-refractivity contribution is -0.134. The van der Waals surface area contributed by atoms with Crippen LogP contribution in [0.3, 0.4) is 0 Å². The molecule has 0 spiro atoms. The Labute approximate surface area is 119 Å². The number of carbonyl (C=O) groups excluding carboxylic acids is 1. The Hall–Kier alpha value is -0.910. The number of rotatable bonds is 4. The van der Waals surface area contributed by atoms with Crippen molar-refractivity contribution in [2.24, 2.45) is 11.7 Å². The first-order valence-corrected chi connectivity index (χ1v) is 7.68. The Morgan fingerprint density at radius 1 is 1.53 bits per heavy atom. The van der Waals surface area contributed by atoms with E-state index < -0.39 is 6.04 Å². The molecule has 1 fully saturated rings. The minimum absolute atomic E-state index is 0.0748. The molecule has 0 aliphatic carbocycles. The molecule has 1 aromatic rings. The standard InChI is InChI=1S/C14H23N3OS/c1-16(2)10-11-5-7-17(8-6-11)14(18)13(15)12-4-3-9-19-12/h3-4,9,11,13H,5-8,10,15H2,1-2H3. The van der Waals surface area contributed by atoms with Crippen molar-refractivity contribution in [2.75, 3.05) is 33.7 Å². The summed E-state index contributed by atoms with van der Waals surface area (Å²) in [5, 5.41) is 1.96. The Kier molecular flexibility index (Phi) is 4.96. The molecular weight excluding hydrogens is 258 g/mol. The van der Waals surface area contributed by atoms with Gasteiger partial charge in [-0.05, 0) is 44.3 Å². The van der Waals surface area contributed by atoms with Gasteiger partial charge >= 0.3 is 0 Å². The van der Waals surface area contributed by atoms with Gasteiger partial charge in [0, 0.05) is 24.5 Å². The van der Waals surface area contributed by atoms with Crippen LogP contribution in [-0.4, -0.2) is 49.4 Å². The second-order valence-electron chi connectivity index (χ2n) is 5.52. The number of thiophene rings is 1. The normalized spacial score (nSPS) is 18.8. The summed E-state index contributed by atoms with van der Waals surface area (Å²) in [7, 11) is 4.20. The van der Waals surface area contributed by atoms with Gasteiger partial charge in [0.25, 0.3) is 0 Å². The third-order valence-corrected chi connectivity index (χ3v) is 4.62. The first-order chi connectivity index (χ1) is 9.08. The molecule has 19 heavy (non-hydrogen) atoms. The average Bonchev–Trinajstić information content (AvgIpc) is 2.91. The van der Waals surface area contributed by atoms with Gasteiger partial charge in [0.2, 0.25) is 5.91 Å². The summed E-state index contributed by atoms with van der Waals surface area (Å²) in [6.45, 7) is 2.80. The summed E-state index contributed by atoms with van der Waals surface area (Å²) in [5.74, 6) is 0.780. The number of hydrogen-bond acceptors (Lipinski definition) is 4. The monoisotopic (exact) mass is 281 g/mol. The second kappa shape index (κ2) is 6.50. The fraction of sp³-hybridized carbons (Fsp3) is 0.643. The van der Waals surface area contributed by atoms with E-state index in [4.69, 9.17) is 5.73 Å². The van der Waals surface area contributed by atoms with Gasteiger partial charge in [-0.25, -0.2) is 0 Å². The molecule has 1 unspecified atom stereocenters. The summed E-state index contributed by atoms with van der Waals surface area (Å²) in [5.41, 5.74) is 6.04. The number of hydrogen-bond donors (Lipinski definition) is 1. The smallest absolute Gasteiger partial charge is 0.244 e. The number of piperidine rings is 1. The Morgan fingerprint density at radius 2 is 2.21 bits per heavy atom. The highest BCUT2D eigenvalue weighted by Crippen LogP contribution is 2.23. The van der Waals surface area contributed by atoms with Crippen molar-refractivity contribution in [3.63, 3.8) is 0 Å². The Balaban J connectivity index is 1.85. The Morgan fingerprint density at radius 3 is 2.74 bits per heavy atom. The van der Waals surface area contributed by atoms with Gasteiger partial charge in [0.15, 0.2) is 0 Å². The number of likely N-dealkylation sites (tertiary alicyclic amines) is 1. The predicted octanol–water partition coefficient (Wildman–Crippen LogP) is 1.55. The topological polar surface area (TPSA) is 49.6 Å². The number of carbonyl (C=O) groups is 1. The quantitative estimate of drug-likeness (QED) is 0.911. The zero-order chi connectivity index (χ0) is 13.8. The zero-order valence-electron chi connectivity index (χ0n) is 11.7. The minimum Gasteiger partial charge on any atom is -0.341 e. The van der Waals surface area contributed by atoms with Crippen LogP contribution >= 0.6 is 11.3 Å². The molecular formula is C14H23N3OS. The second-order valence-corrected chi connectivity index (χ2v) is 6.50. The van der Waals surface area contributed by atoms with Crippen LogP contribution in [0.5, 0.6) is 0 Å². The van der Waals surface area contributed by atoms with Gasteiger partial charge < -0.3 is 15.5 Å². The van der Waals surface area contributed by atoms with Crippen molar-refractivity contribution in [1.29, 1.82) is 0 Å². The third-order valence-electron chi connectivity index (χ3n) is 3.67. The molecule has 1 aliphatic rings. The van der Waals surface area contributed by atoms with Crippen LogP contribution in [0.15, 0.2) is 17.5 Å². The molecule has 2 N–H and O–H groups in total. The maximum Gasteiger partial charge on any atom is 0.244 e. The lowest BCUT2D eigenvalue weighted by atomic mass is 9.96. The van der Waals surface area contributed by atoms with Crippen molar-refractivity contribution >= 4 is 17.2 Å². The van der Waals surface area contributed by atoms with E-state index in [1.165, 1.54) is 0 Å². The van der Waals surface area contributed by atoms with Crippen LogP contribution in [0, 0.1) is 5.92 Å². The van der Waals surface area contributed by atoms with Gasteiger partial charge in [-0.15, -0.1) is 11.3 Å². The average molecular weight is 281 g/mol. The fourth-order valence-corrected chi connectivity index (χ4v) is 3.36. The first-order valence-electron chi connectivity index (χ1n) is 6.80. The molecule has 4 nitrogen and oxygen atoms in total. The van der Waals surface area contributed by atoms with E-state index in [9.17, 15) is 4.79 Å². The van der Waals surface area contributed by atoms with Crippen LogP contribution in [0.4, 0.5) is 0 Å². The molecule has 0 bridgehead atoms. The molecule has 1 amide bonds. The van der Waals surface area contributed by atoms with Crippen molar-refractivity contribution in [3.8, 4) is 0 Å². The first kappa shape index (κ1) is 14.5. The van der Waals surface area contributed by atoms with Crippen LogP contribution in [0.1, 0.15) is 23.8 Å². The lowest BCUT2D eigenvalue weighted by Crippen LogP contribution is -2.44. The fourth-order valence-electron chi connectivity index (χ4n) is 2.64. The van der Waals surface area contributed by atoms with E-state index in [-0.39, 0.29) is 5.91 Å². The summed E-state index contributed by atoms with van der Waals surface area (Å²) in [4.78, 5) is 17.4. The van der Waals surface area contributed by atoms with Crippen molar-refractivity contribution in [1.82, 2.24) is 9.80 Å². The predicted molar refractivity (Wildman–Crippen MR) is 79.1 cm³/mol. The molecule has 0 aromatic carbocycles. The molecule has 5 heteroatoms. The summed E-state index contributed by atoms with van der Waals surface area (Å²) >= 11 is 1.55.